The number of aromatic nitrogens is 6. The maximum atomic E-state index is 15.8. The molecule has 6 amide bonds. The van der Waals surface area contributed by atoms with E-state index in [1.54, 1.807) is 53.7 Å². The van der Waals surface area contributed by atoms with Gasteiger partial charge in [-0.15, -0.1) is 22.7 Å². The fraction of sp³-hybridized carbons (Fsp3) is 0.628. The van der Waals surface area contributed by atoms with Crippen molar-refractivity contribution in [2.75, 3.05) is 41.3 Å². The van der Waals surface area contributed by atoms with E-state index in [9.17, 15) is 64.7 Å². The lowest BCUT2D eigenvalue weighted by molar-refractivity contribution is -0.140. The van der Waals surface area contributed by atoms with Gasteiger partial charge in [0.15, 0.2) is 11.6 Å². The summed E-state index contributed by atoms with van der Waals surface area (Å²) in [5.74, 6) is -4.49. The van der Waals surface area contributed by atoms with E-state index in [0.29, 0.717) is 75.4 Å². The third kappa shape index (κ3) is 22.7. The topological polar surface area (TPSA) is 375 Å². The first kappa shape index (κ1) is 96.8. The number of ether oxygens (including phenoxy) is 3. The Labute approximate surface area is 733 Å². The third-order valence-corrected chi connectivity index (χ3v) is 28.0. The molecule has 8 heterocycles. The molecule has 6 aliphatic rings. The van der Waals surface area contributed by atoms with Crippen molar-refractivity contribution in [3.05, 3.63) is 86.6 Å². The van der Waals surface area contributed by atoms with Crippen molar-refractivity contribution in [1.82, 2.24) is 67.6 Å². The van der Waals surface area contributed by atoms with Gasteiger partial charge in [-0.1, -0.05) is 77.7 Å². The first-order valence-corrected chi connectivity index (χ1v) is 47.1. The highest BCUT2D eigenvalue weighted by atomic mass is 35.5. The van der Waals surface area contributed by atoms with E-state index in [-0.39, 0.29) is 92.9 Å². The Bertz CT molecular complexity index is 5260. The molecule has 123 heavy (non-hydrogen) atoms. The molecule has 10 atom stereocenters. The molecule has 30 nitrogen and oxygen atoms in total. The SMILES string of the molecule is CN(C)S(=O)(=O)NC(=O)[C@]12CC(=O)[C@@H]3C[C@@H](O)CN3C(=O)[C@@H](NC(=O)OC(C)(C)C)CCCCC/C=C\[C@@H]1C2.Cc1sc(-c2c(F)ccc3c2nc(Cl)n3C(C)C)nc1C(C)C.Cc1sc(-c2c(F)ccc3c2nc(O[C@@H]2C[C@H]4C(=O)C[C@]5(C(=O)NS(=O)(=O)N(C)C)C[C@H]5/C=C\CCCCC[C@H](NC(=O)OC(C)(C)C)C(=O)N4C2)n3C(C)C)nc1C(C)C. The molecular formula is C86H121ClF2N14O16S4. The van der Waals surface area contributed by atoms with Crippen molar-refractivity contribution >= 4 is 124 Å². The number of hydrogen-bond acceptors (Lipinski definition) is 22. The van der Waals surface area contributed by atoms with E-state index in [4.69, 9.17) is 35.8 Å². The lowest BCUT2D eigenvalue weighted by Crippen LogP contribution is -2.53. The summed E-state index contributed by atoms with van der Waals surface area (Å²) in [7, 11) is -3.04. The number of allylic oxidation sites excluding steroid dienone is 4. The van der Waals surface area contributed by atoms with Crippen LogP contribution in [0.4, 0.5) is 18.4 Å². The molecule has 0 unspecified atom stereocenters. The molecule has 676 valence electrons. The summed E-state index contributed by atoms with van der Waals surface area (Å²) < 4.78 is 108. The van der Waals surface area contributed by atoms with E-state index in [2.05, 4.69) is 43.9 Å². The number of ketones is 2. The molecule has 2 aromatic carbocycles. The maximum absolute atomic E-state index is 15.8. The lowest BCUT2D eigenvalue weighted by Gasteiger charge is -2.30. The van der Waals surface area contributed by atoms with Crippen molar-refractivity contribution in [2.45, 2.75) is 285 Å². The van der Waals surface area contributed by atoms with Gasteiger partial charge in [-0.3, -0.25) is 33.3 Å². The van der Waals surface area contributed by atoms with Crippen LogP contribution in [0.1, 0.15) is 245 Å². The van der Waals surface area contributed by atoms with Gasteiger partial charge in [-0.25, -0.2) is 42.8 Å². The number of aliphatic hydroxyl groups excluding tert-OH is 1. The Balaban J connectivity index is 0.000000216. The van der Waals surface area contributed by atoms with Gasteiger partial charge >= 0.3 is 32.6 Å². The number of aliphatic hydroxyl groups is 1. The van der Waals surface area contributed by atoms with Crippen LogP contribution in [0, 0.1) is 48.1 Å². The number of rotatable bonds is 16. The van der Waals surface area contributed by atoms with Gasteiger partial charge in [-0.05, 0) is 194 Å². The number of carbonyl (C=O) groups is 8. The maximum Gasteiger partial charge on any atom is 0.408 e. The summed E-state index contributed by atoms with van der Waals surface area (Å²) in [4.78, 5) is 133. The smallest absolute Gasteiger partial charge is 0.408 e. The minimum Gasteiger partial charge on any atom is -0.459 e. The first-order chi connectivity index (χ1) is 57.4. The summed E-state index contributed by atoms with van der Waals surface area (Å²) >= 11 is 9.17. The number of carbonyl (C=O) groups excluding carboxylic acids is 8. The molecule has 2 aliphatic carbocycles. The Morgan fingerprint density at radius 1 is 0.585 bits per heavy atom. The number of halogens is 3. The largest absolute Gasteiger partial charge is 0.459 e. The number of fused-ring (bicyclic) bond motifs is 6. The number of nitrogens with one attached hydrogen (secondary N) is 4. The molecule has 0 bridgehead atoms. The normalized spacial score (nSPS) is 24.4. The van der Waals surface area contributed by atoms with E-state index < -0.39 is 138 Å². The van der Waals surface area contributed by atoms with Crippen LogP contribution in [0.5, 0.6) is 6.01 Å². The van der Waals surface area contributed by atoms with Gasteiger partial charge in [0.25, 0.3) is 6.01 Å². The minimum absolute atomic E-state index is 0.00205. The van der Waals surface area contributed by atoms with E-state index in [1.165, 1.54) is 72.8 Å². The second kappa shape index (κ2) is 38.8. The average Bonchev–Trinajstić information content (AvgIpc) is 1.72. The predicted molar refractivity (Wildman–Crippen MR) is 468 cm³/mol. The molecule has 4 aromatic heterocycles. The number of nitrogens with zero attached hydrogens (tertiary/aromatic N) is 10. The molecular weight excluding hydrogens is 1690 g/mol. The van der Waals surface area contributed by atoms with Crippen molar-refractivity contribution in [3.8, 4) is 27.2 Å². The summed E-state index contributed by atoms with van der Waals surface area (Å²) in [6.07, 6.45) is 10.7. The average molecular weight is 1810 g/mol. The number of aryl methyl sites for hydroxylation is 2. The first-order valence-electron chi connectivity index (χ1n) is 42.2. The fourth-order valence-electron chi connectivity index (χ4n) is 16.4. The monoisotopic (exact) mass is 1810 g/mol. The molecule has 37 heteroatoms. The van der Waals surface area contributed by atoms with Crippen molar-refractivity contribution in [2.24, 2.45) is 22.7 Å². The van der Waals surface area contributed by atoms with Crippen LogP contribution in [-0.2, 0) is 58.7 Å². The number of hydrogen-bond donors (Lipinski definition) is 5. The number of imidazole rings is 2. The highest BCUT2D eigenvalue weighted by Gasteiger charge is 2.63. The standard InChI is InChI=1S/C43H60FN7O8S2.C26H42N4O8S.C17H19ClFN3S/c1-24(2)35-26(5)60-37(46-35)34-29(44)18-19-31-36(34)47-40(51(31)25(3)4)58-28-20-32-33(52)22-43(39(54)48-61(56,57)49(9)10)21-27(43)16-14-12-11-13-15-17-30(38(53)50(32)23-28)45-41(55)59-42(6,7)8;1-25(2,3)38-24(35)27-19-12-10-8-6-7-9-11-17-14-26(17,23(34)28-39(36,37)29(4)5)15-21(32)20-13-18(31)16-30(20)22(19)33;1-8(2)14-10(5)23-16(20-14)13-11(19)6-7-12-15(13)21-17(18)22(12)9(3)4/h14,16,18-19,24-25,27-28,30,32H,11-13,15,17,20-23H2,1-10H3,(H,45,55)(H,48,54);9,11,17-20,31H,6-8,10,12-16H2,1-5H3,(H,27,35)(H,28,34);6-9H,1-5H3/b16-14-;11-9-;/t27-,28-,30+,32+,43-;17-,18-,19+,20+,26-;/m11./s1. The molecule has 0 radical (unpaired) electrons. The Hall–Kier alpha value is -8.39. The fourth-order valence-corrected chi connectivity index (χ4v) is 20.2. The zero-order valence-electron chi connectivity index (χ0n) is 74.1. The zero-order chi connectivity index (χ0) is 90.8. The highest BCUT2D eigenvalue weighted by Crippen LogP contribution is 2.59. The van der Waals surface area contributed by atoms with Gasteiger partial charge < -0.3 is 44.3 Å². The van der Waals surface area contributed by atoms with E-state index in [1.807, 2.05) is 88.8 Å². The van der Waals surface area contributed by atoms with Crippen molar-refractivity contribution in [1.29, 1.82) is 0 Å². The molecule has 5 N–H and O–H groups in total. The second-order valence-electron chi connectivity index (χ2n) is 36.6. The van der Waals surface area contributed by atoms with Crippen molar-refractivity contribution < 1.29 is 83.3 Å². The molecule has 6 aromatic rings. The van der Waals surface area contributed by atoms with Crippen LogP contribution in [0.2, 0.25) is 5.28 Å². The lowest BCUT2D eigenvalue weighted by atomic mass is 9.91. The van der Waals surface area contributed by atoms with Gasteiger partial charge in [0.05, 0.1) is 69.1 Å². The van der Waals surface area contributed by atoms with Crippen molar-refractivity contribution in [3.63, 3.8) is 0 Å². The molecule has 2 saturated carbocycles. The Morgan fingerprint density at radius 3 is 1.39 bits per heavy atom. The zero-order valence-corrected chi connectivity index (χ0v) is 78.1. The molecule has 2 saturated heterocycles. The molecule has 0 spiro atoms. The quantitative estimate of drug-likeness (QED) is 0.0562. The van der Waals surface area contributed by atoms with Crippen LogP contribution in [0.15, 0.2) is 48.6 Å². The van der Waals surface area contributed by atoms with Crippen LogP contribution in [0.3, 0.4) is 0 Å². The highest BCUT2D eigenvalue weighted by molar-refractivity contribution is 7.88. The Morgan fingerprint density at radius 2 is 0.992 bits per heavy atom. The van der Waals surface area contributed by atoms with Crippen LogP contribution in [0.25, 0.3) is 43.2 Å². The number of benzene rings is 2. The summed E-state index contributed by atoms with van der Waals surface area (Å²) in [5, 5.41) is 17.4. The Kier molecular flexibility index (Phi) is 30.6. The molecule has 4 aliphatic heterocycles. The number of alkyl carbamates (subject to hydrolysis) is 2. The van der Waals surface area contributed by atoms with E-state index in [0.717, 1.165) is 67.4 Å². The summed E-state index contributed by atoms with van der Waals surface area (Å²) in [6.45, 7) is 30.3. The van der Waals surface area contributed by atoms with Crippen LogP contribution in [-0.4, -0.2) is 206 Å². The number of amides is 6. The van der Waals surface area contributed by atoms with Crippen LogP contribution < -0.4 is 24.8 Å². The number of thiazole rings is 2. The predicted octanol–water partition coefficient (Wildman–Crippen LogP) is 14.2. The molecule has 4 fully saturated rings. The van der Waals surface area contributed by atoms with Gasteiger partial charge in [0.1, 0.15) is 62.1 Å². The summed E-state index contributed by atoms with van der Waals surface area (Å²) in [5.41, 5.74) is 0.784. The number of Topliss-reactive ketones (excluding diaryl/α,β-unsaturated/α-hetero) is 2. The molecule has 12 rings (SSSR count). The summed E-state index contributed by atoms with van der Waals surface area (Å²) in [6, 6.07) is 2.29. The van der Waals surface area contributed by atoms with Gasteiger partial charge in [-0.2, -0.15) is 30.4 Å². The minimum atomic E-state index is -4.17. The van der Waals surface area contributed by atoms with Gasteiger partial charge in [0.2, 0.25) is 28.9 Å². The van der Waals surface area contributed by atoms with E-state index >= 15 is 4.39 Å². The third-order valence-electron chi connectivity index (χ3n) is 22.9. The van der Waals surface area contributed by atoms with Crippen LogP contribution >= 0.6 is 34.3 Å². The van der Waals surface area contributed by atoms with Gasteiger partial charge in [0, 0.05) is 82.3 Å². The second-order valence-corrected chi connectivity index (χ2v) is 43.1.